The molecular formula is C11H18N2O. The molecule has 1 amide bonds. The molecule has 0 bridgehead atoms. The summed E-state index contributed by atoms with van der Waals surface area (Å²) in [4.78, 5) is 11.7. The Labute approximate surface area is 84.6 Å². The van der Waals surface area contributed by atoms with Crippen LogP contribution in [0, 0.1) is 11.3 Å². The Morgan fingerprint density at radius 2 is 2.29 bits per heavy atom. The molecule has 78 valence electrons. The van der Waals surface area contributed by atoms with Gasteiger partial charge >= 0.3 is 0 Å². The second kappa shape index (κ2) is 2.72. The van der Waals surface area contributed by atoms with Crippen molar-refractivity contribution in [2.24, 2.45) is 11.3 Å². The quantitative estimate of drug-likeness (QED) is 0.692. The molecule has 2 N–H and O–H groups in total. The first kappa shape index (κ1) is 8.72. The van der Waals surface area contributed by atoms with Crippen LogP contribution in [-0.2, 0) is 4.79 Å². The van der Waals surface area contributed by atoms with Crippen LogP contribution < -0.4 is 10.6 Å². The average molecular weight is 194 g/mol. The lowest BCUT2D eigenvalue weighted by Crippen LogP contribution is -2.43. The Morgan fingerprint density at radius 1 is 1.50 bits per heavy atom. The predicted molar refractivity (Wildman–Crippen MR) is 53.8 cm³/mol. The maximum atomic E-state index is 11.7. The number of fused-ring (bicyclic) bond motifs is 1. The fourth-order valence-corrected chi connectivity index (χ4v) is 2.34. The maximum absolute atomic E-state index is 11.7. The molecule has 3 nitrogen and oxygen atoms in total. The van der Waals surface area contributed by atoms with Crippen LogP contribution in [0.25, 0.3) is 0 Å². The highest BCUT2D eigenvalue weighted by atomic mass is 16.2. The van der Waals surface area contributed by atoms with Crippen LogP contribution in [0.15, 0.2) is 0 Å². The maximum Gasteiger partial charge on any atom is 0.237 e. The number of carbonyl (C=O) groups is 1. The molecule has 0 aromatic rings. The zero-order chi connectivity index (χ0) is 9.76. The largest absolute Gasteiger partial charge is 0.354 e. The zero-order valence-electron chi connectivity index (χ0n) is 8.68. The van der Waals surface area contributed by atoms with Gasteiger partial charge in [0.2, 0.25) is 5.91 Å². The standard InChI is InChI=1S/C11H18N2O/c1-11(2-3-11)6-12-10(14)9-5-7-4-8(7)13-9/h7-9,13H,2-6H2,1H3,(H,12,14)/t7-,8-,9-/m0/s1. The molecule has 3 fully saturated rings. The van der Waals surface area contributed by atoms with E-state index in [-0.39, 0.29) is 11.9 Å². The minimum absolute atomic E-state index is 0.112. The van der Waals surface area contributed by atoms with Crippen molar-refractivity contribution in [3.63, 3.8) is 0 Å². The van der Waals surface area contributed by atoms with Crippen molar-refractivity contribution in [1.29, 1.82) is 0 Å². The van der Waals surface area contributed by atoms with Gasteiger partial charge < -0.3 is 10.6 Å². The van der Waals surface area contributed by atoms with Crippen molar-refractivity contribution in [2.75, 3.05) is 6.54 Å². The van der Waals surface area contributed by atoms with Gasteiger partial charge in [-0.05, 0) is 37.0 Å². The number of hydrogen-bond donors (Lipinski definition) is 2. The van der Waals surface area contributed by atoms with Crippen molar-refractivity contribution in [3.05, 3.63) is 0 Å². The number of piperidine rings is 1. The van der Waals surface area contributed by atoms with Gasteiger partial charge in [-0.1, -0.05) is 6.92 Å². The van der Waals surface area contributed by atoms with Crippen LogP contribution in [0.2, 0.25) is 0 Å². The molecule has 0 unspecified atom stereocenters. The first-order chi connectivity index (χ1) is 6.66. The van der Waals surface area contributed by atoms with Gasteiger partial charge in [-0.3, -0.25) is 4.79 Å². The molecule has 2 aliphatic carbocycles. The van der Waals surface area contributed by atoms with E-state index < -0.39 is 0 Å². The number of carbonyl (C=O) groups excluding carboxylic acids is 1. The first-order valence-corrected chi connectivity index (χ1v) is 5.70. The first-order valence-electron chi connectivity index (χ1n) is 5.70. The van der Waals surface area contributed by atoms with Crippen molar-refractivity contribution in [1.82, 2.24) is 10.6 Å². The summed E-state index contributed by atoms with van der Waals surface area (Å²) in [6.07, 6.45) is 4.90. The molecular weight excluding hydrogens is 176 g/mol. The topological polar surface area (TPSA) is 41.1 Å². The van der Waals surface area contributed by atoms with Crippen LogP contribution in [0.1, 0.15) is 32.6 Å². The molecule has 3 rings (SSSR count). The van der Waals surface area contributed by atoms with Gasteiger partial charge in [-0.15, -0.1) is 0 Å². The van der Waals surface area contributed by atoms with Gasteiger partial charge in [0, 0.05) is 12.6 Å². The highest BCUT2D eigenvalue weighted by Crippen LogP contribution is 2.44. The predicted octanol–water partition coefficient (Wildman–Crippen LogP) is 0.653. The summed E-state index contributed by atoms with van der Waals surface area (Å²) in [6, 6.07) is 0.781. The van der Waals surface area contributed by atoms with E-state index in [0.29, 0.717) is 11.5 Å². The van der Waals surface area contributed by atoms with E-state index in [1.807, 2.05) is 0 Å². The second-order valence-corrected chi connectivity index (χ2v) is 5.59. The lowest BCUT2D eigenvalue weighted by atomic mass is 10.1. The highest BCUT2D eigenvalue weighted by Gasteiger charge is 2.48. The van der Waals surface area contributed by atoms with Gasteiger partial charge in [0.1, 0.15) is 0 Å². The molecule has 1 aliphatic heterocycles. The third-order valence-corrected chi connectivity index (χ3v) is 3.99. The van der Waals surface area contributed by atoms with Gasteiger partial charge in [0.15, 0.2) is 0 Å². The normalized spacial score (nSPS) is 41.6. The van der Waals surface area contributed by atoms with Gasteiger partial charge in [0.05, 0.1) is 6.04 Å². The fraction of sp³-hybridized carbons (Fsp3) is 0.909. The molecule has 3 aliphatic rings. The lowest BCUT2D eigenvalue weighted by Gasteiger charge is -2.15. The van der Waals surface area contributed by atoms with Crippen LogP contribution in [0.4, 0.5) is 0 Å². The zero-order valence-corrected chi connectivity index (χ0v) is 8.68. The lowest BCUT2D eigenvalue weighted by molar-refractivity contribution is -0.123. The van der Waals surface area contributed by atoms with Crippen LogP contribution in [-0.4, -0.2) is 24.5 Å². The van der Waals surface area contributed by atoms with E-state index in [0.717, 1.165) is 18.9 Å². The Hall–Kier alpha value is -0.570. The minimum atomic E-state index is 0.112. The van der Waals surface area contributed by atoms with Crippen LogP contribution in [0.5, 0.6) is 0 Å². The van der Waals surface area contributed by atoms with E-state index in [1.54, 1.807) is 0 Å². The minimum Gasteiger partial charge on any atom is -0.354 e. The smallest absolute Gasteiger partial charge is 0.237 e. The number of rotatable bonds is 3. The monoisotopic (exact) mass is 194 g/mol. The Morgan fingerprint density at radius 3 is 2.86 bits per heavy atom. The van der Waals surface area contributed by atoms with Crippen molar-refractivity contribution in [3.8, 4) is 0 Å². The fourth-order valence-electron chi connectivity index (χ4n) is 2.34. The second-order valence-electron chi connectivity index (χ2n) is 5.59. The molecule has 0 aromatic heterocycles. The van der Waals surface area contributed by atoms with Crippen molar-refractivity contribution < 1.29 is 4.79 Å². The molecule has 3 heteroatoms. The van der Waals surface area contributed by atoms with Crippen LogP contribution in [0.3, 0.4) is 0 Å². The summed E-state index contributed by atoms with van der Waals surface area (Å²) >= 11 is 0. The van der Waals surface area contributed by atoms with E-state index in [1.165, 1.54) is 19.3 Å². The summed E-state index contributed by atoms with van der Waals surface area (Å²) in [5.41, 5.74) is 0.428. The van der Waals surface area contributed by atoms with Gasteiger partial charge in [-0.2, -0.15) is 0 Å². The summed E-state index contributed by atoms with van der Waals surface area (Å²) in [5.74, 6) is 1.03. The Bertz CT molecular complexity index is 262. The molecule has 1 heterocycles. The van der Waals surface area contributed by atoms with E-state index >= 15 is 0 Å². The molecule has 0 spiro atoms. The summed E-state index contributed by atoms with van der Waals surface area (Å²) < 4.78 is 0. The van der Waals surface area contributed by atoms with E-state index in [9.17, 15) is 4.79 Å². The number of nitrogens with one attached hydrogen (secondary N) is 2. The summed E-state index contributed by atoms with van der Waals surface area (Å²) in [6.45, 7) is 3.12. The third-order valence-electron chi connectivity index (χ3n) is 3.99. The van der Waals surface area contributed by atoms with Crippen molar-refractivity contribution in [2.45, 2.75) is 44.7 Å². The molecule has 2 saturated carbocycles. The molecule has 14 heavy (non-hydrogen) atoms. The molecule has 1 saturated heterocycles. The molecule has 0 aromatic carbocycles. The average Bonchev–Trinajstić information content (AvgIpc) is 3.05. The SMILES string of the molecule is CC1(CNC(=O)[C@@H]2C[C@@H]3C[C@@H]3N2)CC1. The van der Waals surface area contributed by atoms with Gasteiger partial charge in [-0.25, -0.2) is 0 Å². The number of hydrogen-bond acceptors (Lipinski definition) is 2. The van der Waals surface area contributed by atoms with E-state index in [4.69, 9.17) is 0 Å². The highest BCUT2D eigenvalue weighted by molar-refractivity contribution is 5.82. The third kappa shape index (κ3) is 1.54. The van der Waals surface area contributed by atoms with Crippen molar-refractivity contribution >= 4 is 5.91 Å². The molecule has 0 radical (unpaired) electrons. The van der Waals surface area contributed by atoms with Gasteiger partial charge in [0.25, 0.3) is 0 Å². The summed E-state index contributed by atoms with van der Waals surface area (Å²) in [5, 5.41) is 6.44. The Balaban J connectivity index is 1.46. The number of amides is 1. The van der Waals surface area contributed by atoms with E-state index in [2.05, 4.69) is 17.6 Å². The Kier molecular flexibility index (Phi) is 1.69. The summed E-state index contributed by atoms with van der Waals surface area (Å²) in [7, 11) is 0. The van der Waals surface area contributed by atoms with Crippen LogP contribution >= 0.6 is 0 Å². The molecule has 3 atom stereocenters.